The van der Waals surface area contributed by atoms with Gasteiger partial charge >= 0.3 is 5.00 Å². The number of nitro groups is 1. The maximum atomic E-state index is 12.4. The van der Waals surface area contributed by atoms with Crippen LogP contribution in [0.4, 0.5) is 15.7 Å². The molecule has 27 heavy (non-hydrogen) atoms. The van der Waals surface area contributed by atoms with E-state index in [1.54, 1.807) is 6.07 Å². The van der Waals surface area contributed by atoms with Crippen LogP contribution in [-0.2, 0) is 11.2 Å². The topological polar surface area (TPSA) is 78.7 Å². The standard InChI is InChI=1S/C19H24N4O3S/c1-3-15-6-4-5-7-16(15)20-17(24)13-21-8-10-22(11-9-21)19-14(2)12-18(27-19)23(25)26/h4-7,12H,3,8-11,13H2,1-2H3,(H,20,24). The maximum absolute atomic E-state index is 12.4. The molecule has 1 aliphatic rings. The van der Waals surface area contributed by atoms with Gasteiger partial charge < -0.3 is 10.2 Å². The SMILES string of the molecule is CCc1ccccc1NC(=O)CN1CCN(c2sc([N+](=O)[O-])cc2C)CC1. The smallest absolute Gasteiger partial charge is 0.326 e. The molecule has 1 N–H and O–H groups in total. The molecular weight excluding hydrogens is 364 g/mol. The van der Waals surface area contributed by atoms with E-state index >= 15 is 0 Å². The normalized spacial score (nSPS) is 15.0. The minimum Gasteiger partial charge on any atom is -0.360 e. The van der Waals surface area contributed by atoms with Gasteiger partial charge in [0.2, 0.25) is 5.91 Å². The number of benzene rings is 1. The second kappa shape index (κ2) is 8.49. The van der Waals surface area contributed by atoms with Crippen LogP contribution in [0.2, 0.25) is 0 Å². The fourth-order valence-electron chi connectivity index (χ4n) is 3.31. The Bertz CT molecular complexity index is 828. The number of piperazine rings is 1. The van der Waals surface area contributed by atoms with Gasteiger partial charge in [-0.25, -0.2) is 0 Å². The number of nitrogens with zero attached hydrogens (tertiary/aromatic N) is 3. The van der Waals surface area contributed by atoms with E-state index in [0.29, 0.717) is 6.54 Å². The summed E-state index contributed by atoms with van der Waals surface area (Å²) >= 11 is 1.22. The molecule has 1 aliphatic heterocycles. The minimum absolute atomic E-state index is 0.00714. The van der Waals surface area contributed by atoms with E-state index in [2.05, 4.69) is 22.0 Å². The van der Waals surface area contributed by atoms with E-state index in [4.69, 9.17) is 0 Å². The zero-order chi connectivity index (χ0) is 19.4. The Morgan fingerprint density at radius 3 is 2.59 bits per heavy atom. The maximum Gasteiger partial charge on any atom is 0.326 e. The predicted molar refractivity (Wildman–Crippen MR) is 109 cm³/mol. The van der Waals surface area contributed by atoms with Crippen molar-refractivity contribution in [3.63, 3.8) is 0 Å². The van der Waals surface area contributed by atoms with Gasteiger partial charge in [0.25, 0.3) is 0 Å². The molecule has 1 saturated heterocycles. The zero-order valence-electron chi connectivity index (χ0n) is 15.6. The molecule has 1 amide bonds. The van der Waals surface area contributed by atoms with E-state index in [1.807, 2.05) is 31.2 Å². The van der Waals surface area contributed by atoms with Crippen LogP contribution in [0.5, 0.6) is 0 Å². The highest BCUT2D eigenvalue weighted by atomic mass is 32.1. The Labute approximate surface area is 162 Å². The van der Waals surface area contributed by atoms with Crippen molar-refractivity contribution in [2.45, 2.75) is 20.3 Å². The highest BCUT2D eigenvalue weighted by Gasteiger charge is 2.24. The lowest BCUT2D eigenvalue weighted by molar-refractivity contribution is -0.380. The number of anilines is 2. The summed E-state index contributed by atoms with van der Waals surface area (Å²) in [6.07, 6.45) is 0.876. The van der Waals surface area contributed by atoms with Crippen molar-refractivity contribution in [1.29, 1.82) is 0 Å². The molecule has 1 aromatic carbocycles. The van der Waals surface area contributed by atoms with Gasteiger partial charge in [-0.2, -0.15) is 0 Å². The van der Waals surface area contributed by atoms with Crippen LogP contribution in [0.1, 0.15) is 18.1 Å². The second-order valence-electron chi connectivity index (χ2n) is 6.65. The molecule has 0 saturated carbocycles. The summed E-state index contributed by atoms with van der Waals surface area (Å²) in [6, 6.07) is 9.49. The second-order valence-corrected chi connectivity index (χ2v) is 7.66. The van der Waals surface area contributed by atoms with Crippen molar-refractivity contribution in [3.05, 3.63) is 51.6 Å². The Morgan fingerprint density at radius 1 is 1.26 bits per heavy atom. The molecule has 1 aromatic heterocycles. The van der Waals surface area contributed by atoms with Crippen LogP contribution in [0.3, 0.4) is 0 Å². The van der Waals surface area contributed by atoms with Crippen molar-refractivity contribution in [2.24, 2.45) is 0 Å². The zero-order valence-corrected chi connectivity index (χ0v) is 16.4. The summed E-state index contributed by atoms with van der Waals surface area (Å²) in [6.45, 7) is 7.37. The number of nitrogens with one attached hydrogen (secondary N) is 1. The molecule has 0 bridgehead atoms. The molecule has 2 aromatic rings. The highest BCUT2D eigenvalue weighted by Crippen LogP contribution is 2.36. The van der Waals surface area contributed by atoms with Gasteiger partial charge in [-0.1, -0.05) is 25.1 Å². The Kier molecular flexibility index (Phi) is 6.08. The Hall–Kier alpha value is -2.45. The third-order valence-electron chi connectivity index (χ3n) is 4.76. The van der Waals surface area contributed by atoms with Gasteiger partial charge in [-0.05, 0) is 41.9 Å². The van der Waals surface area contributed by atoms with Gasteiger partial charge in [0.1, 0.15) is 5.00 Å². The molecule has 8 heteroatoms. The minimum atomic E-state index is -0.337. The molecule has 7 nitrogen and oxygen atoms in total. The average Bonchev–Trinajstić information content (AvgIpc) is 3.05. The summed E-state index contributed by atoms with van der Waals surface area (Å²) in [7, 11) is 0. The molecule has 0 atom stereocenters. The fourth-order valence-corrected chi connectivity index (χ4v) is 4.35. The molecule has 2 heterocycles. The largest absolute Gasteiger partial charge is 0.360 e. The average molecular weight is 388 g/mol. The molecular formula is C19H24N4O3S. The monoisotopic (exact) mass is 388 g/mol. The number of para-hydroxylation sites is 1. The first-order valence-corrected chi connectivity index (χ1v) is 9.89. The van der Waals surface area contributed by atoms with Gasteiger partial charge in [0, 0.05) is 37.9 Å². The van der Waals surface area contributed by atoms with Crippen LogP contribution < -0.4 is 10.2 Å². The van der Waals surface area contributed by atoms with Gasteiger partial charge in [0.15, 0.2) is 0 Å². The van der Waals surface area contributed by atoms with Crippen molar-refractivity contribution in [1.82, 2.24) is 4.90 Å². The number of amides is 1. The van der Waals surface area contributed by atoms with Crippen LogP contribution in [0, 0.1) is 17.0 Å². The predicted octanol–water partition coefficient (Wildman–Crippen LogP) is 3.29. The van der Waals surface area contributed by atoms with Crippen LogP contribution in [0.25, 0.3) is 0 Å². The number of thiophene rings is 1. The highest BCUT2D eigenvalue weighted by molar-refractivity contribution is 7.19. The number of hydrogen-bond acceptors (Lipinski definition) is 6. The van der Waals surface area contributed by atoms with Crippen LogP contribution in [0.15, 0.2) is 30.3 Å². The van der Waals surface area contributed by atoms with Crippen LogP contribution in [-0.4, -0.2) is 48.5 Å². The number of carbonyl (C=O) groups excluding carboxylic acids is 1. The summed E-state index contributed by atoms with van der Waals surface area (Å²) in [5, 5.41) is 15.1. The molecule has 1 fully saturated rings. The van der Waals surface area contributed by atoms with Crippen molar-refractivity contribution < 1.29 is 9.72 Å². The molecule has 0 aliphatic carbocycles. The fraction of sp³-hybridized carbons (Fsp3) is 0.421. The van der Waals surface area contributed by atoms with Crippen LogP contribution >= 0.6 is 11.3 Å². The van der Waals surface area contributed by atoms with Crippen molar-refractivity contribution in [3.8, 4) is 0 Å². The molecule has 144 valence electrons. The molecule has 3 rings (SSSR count). The lowest BCUT2D eigenvalue weighted by atomic mass is 10.1. The van der Waals surface area contributed by atoms with E-state index < -0.39 is 0 Å². The van der Waals surface area contributed by atoms with Crippen molar-refractivity contribution >= 4 is 32.9 Å². The Morgan fingerprint density at radius 2 is 1.96 bits per heavy atom. The summed E-state index contributed by atoms with van der Waals surface area (Å²) in [5.74, 6) is -0.00714. The summed E-state index contributed by atoms with van der Waals surface area (Å²) < 4.78 is 0. The number of carbonyl (C=O) groups is 1. The Balaban J connectivity index is 1.53. The van der Waals surface area contributed by atoms with Gasteiger partial charge in [-0.3, -0.25) is 19.8 Å². The quantitative estimate of drug-likeness (QED) is 0.607. The molecule has 0 unspecified atom stereocenters. The number of rotatable bonds is 6. The number of aryl methyl sites for hydroxylation is 2. The van der Waals surface area contributed by atoms with E-state index in [1.165, 1.54) is 11.3 Å². The van der Waals surface area contributed by atoms with E-state index in [9.17, 15) is 14.9 Å². The third-order valence-corrected chi connectivity index (χ3v) is 6.01. The summed E-state index contributed by atoms with van der Waals surface area (Å²) in [4.78, 5) is 27.3. The lowest BCUT2D eigenvalue weighted by Crippen LogP contribution is -2.48. The summed E-state index contributed by atoms with van der Waals surface area (Å²) in [5.41, 5.74) is 2.95. The van der Waals surface area contributed by atoms with E-state index in [0.717, 1.165) is 54.4 Å². The van der Waals surface area contributed by atoms with E-state index in [-0.39, 0.29) is 15.8 Å². The first-order chi connectivity index (χ1) is 13.0. The lowest BCUT2D eigenvalue weighted by Gasteiger charge is -2.35. The van der Waals surface area contributed by atoms with Gasteiger partial charge in [-0.15, -0.1) is 0 Å². The molecule has 0 radical (unpaired) electrons. The third kappa shape index (κ3) is 4.64. The van der Waals surface area contributed by atoms with Crippen molar-refractivity contribution in [2.75, 3.05) is 42.9 Å². The van der Waals surface area contributed by atoms with Gasteiger partial charge in [0.05, 0.1) is 11.5 Å². The first-order valence-electron chi connectivity index (χ1n) is 9.07. The number of hydrogen-bond donors (Lipinski definition) is 1. The first kappa shape index (κ1) is 19.3. The molecule has 0 spiro atoms.